The smallest absolute Gasteiger partial charge is 0.175 e. The van der Waals surface area contributed by atoms with Crippen LogP contribution in [0.1, 0.15) is 11.1 Å². The van der Waals surface area contributed by atoms with Crippen LogP contribution in [0.4, 0.5) is 5.69 Å². The van der Waals surface area contributed by atoms with Gasteiger partial charge in [0.2, 0.25) is 0 Å². The average molecular weight is 282 g/mol. The van der Waals surface area contributed by atoms with Crippen LogP contribution in [0.3, 0.4) is 0 Å². The Morgan fingerprint density at radius 3 is 2.05 bits per heavy atom. The summed E-state index contributed by atoms with van der Waals surface area (Å²) in [6, 6.07) is 18.7. The third-order valence-electron chi connectivity index (χ3n) is 2.81. The summed E-state index contributed by atoms with van der Waals surface area (Å²) in [5.74, 6) is 0.968. The van der Waals surface area contributed by atoms with Crippen LogP contribution in [0.2, 0.25) is 19.6 Å². The van der Waals surface area contributed by atoms with Crippen molar-refractivity contribution in [1.29, 1.82) is 0 Å². The van der Waals surface area contributed by atoms with Gasteiger partial charge in [-0.15, -0.1) is 0 Å². The second-order valence-corrected chi connectivity index (χ2v) is 10.6. The number of nitrogens with one attached hydrogen (secondary N) is 1. The highest BCUT2D eigenvalue weighted by molar-refractivity contribution is 6.75. The number of para-hydroxylation sites is 1. The molecule has 0 aliphatic rings. The Bertz CT molecular complexity index is 581. The predicted molar refractivity (Wildman–Crippen MR) is 91.1 cm³/mol. The van der Waals surface area contributed by atoms with E-state index in [1.54, 1.807) is 0 Å². The van der Waals surface area contributed by atoms with Gasteiger partial charge in [-0.05, 0) is 38.7 Å². The van der Waals surface area contributed by atoms with Gasteiger partial charge in [0.05, 0.1) is 0 Å². The van der Waals surface area contributed by atoms with Gasteiger partial charge in [-0.1, -0.05) is 48.0 Å². The molecule has 1 N–H and O–H groups in total. The molecule has 0 saturated carbocycles. The van der Waals surface area contributed by atoms with E-state index in [1.165, 1.54) is 5.56 Å². The molecule has 2 aromatic rings. The zero-order chi connectivity index (χ0) is 14.6. The van der Waals surface area contributed by atoms with Crippen LogP contribution in [-0.2, 0) is 0 Å². The van der Waals surface area contributed by atoms with Gasteiger partial charge in [0.15, 0.2) is 8.24 Å². The first kappa shape index (κ1) is 14.5. The molecule has 0 saturated heterocycles. The van der Waals surface area contributed by atoms with Crippen LogP contribution in [0.5, 0.6) is 0 Å². The maximum atomic E-state index is 4.95. The molecule has 2 rings (SSSR count). The summed E-state index contributed by atoms with van der Waals surface area (Å²) in [4.78, 5) is 0. The van der Waals surface area contributed by atoms with Crippen LogP contribution in [-0.4, -0.2) is 14.1 Å². The fourth-order valence-electron chi connectivity index (χ4n) is 1.87. The lowest BCUT2D eigenvalue weighted by Crippen LogP contribution is -2.24. The molecule has 104 valence electrons. The van der Waals surface area contributed by atoms with Crippen molar-refractivity contribution in [3.8, 4) is 0 Å². The summed E-state index contributed by atoms with van der Waals surface area (Å²) >= 11 is 0. The van der Waals surface area contributed by atoms with Crippen molar-refractivity contribution in [3.05, 3.63) is 65.7 Å². The minimum atomic E-state index is -1.55. The summed E-state index contributed by atoms with van der Waals surface area (Å²) in [6.45, 7) is 8.83. The second-order valence-electron chi connectivity index (χ2n) is 5.99. The minimum absolute atomic E-state index is 0.968. The molecule has 0 aromatic heterocycles. The van der Waals surface area contributed by atoms with Crippen molar-refractivity contribution in [1.82, 2.24) is 0 Å². The highest BCUT2D eigenvalue weighted by atomic mass is 28.3. The summed E-state index contributed by atoms with van der Waals surface area (Å²) in [7, 11) is -1.55. The van der Waals surface area contributed by atoms with Crippen LogP contribution < -0.4 is 5.32 Å². The van der Waals surface area contributed by atoms with Crippen molar-refractivity contribution >= 4 is 19.8 Å². The number of nitrogens with zero attached hydrogens (tertiary/aromatic N) is 1. The first-order chi connectivity index (χ1) is 9.44. The van der Waals surface area contributed by atoms with E-state index in [9.17, 15) is 0 Å². The fraction of sp³-hybridized carbons (Fsp3) is 0.235. The molecular formula is C17H22N2Si. The Hall–Kier alpha value is -1.87. The molecule has 3 heteroatoms. The normalized spacial score (nSPS) is 12.3. The summed E-state index contributed by atoms with van der Waals surface area (Å²) in [6.07, 6.45) is 0. The fourth-order valence-corrected chi connectivity index (χ4v) is 2.73. The average Bonchev–Trinajstić information content (AvgIpc) is 2.38. The highest BCUT2D eigenvalue weighted by Gasteiger charge is 2.14. The quantitative estimate of drug-likeness (QED) is 0.493. The summed E-state index contributed by atoms with van der Waals surface area (Å²) < 4.78 is 4.95. The number of hydrogen-bond donors (Lipinski definition) is 1. The van der Waals surface area contributed by atoms with E-state index in [0.717, 1.165) is 17.1 Å². The maximum absolute atomic E-state index is 4.95. The van der Waals surface area contributed by atoms with Crippen molar-refractivity contribution in [2.45, 2.75) is 26.6 Å². The Labute approximate surface area is 122 Å². The SMILES string of the molecule is Cc1ccc(/C(=N/[Si](C)(C)C)Nc2ccccc2)cc1. The third kappa shape index (κ3) is 4.35. The van der Waals surface area contributed by atoms with E-state index in [1.807, 2.05) is 18.2 Å². The van der Waals surface area contributed by atoms with Gasteiger partial charge in [-0.25, -0.2) is 0 Å². The van der Waals surface area contributed by atoms with Gasteiger partial charge in [0.25, 0.3) is 0 Å². The minimum Gasteiger partial charge on any atom is -0.341 e. The topological polar surface area (TPSA) is 24.4 Å². The Morgan fingerprint density at radius 2 is 1.50 bits per heavy atom. The third-order valence-corrected chi connectivity index (χ3v) is 3.70. The van der Waals surface area contributed by atoms with Crippen molar-refractivity contribution in [2.24, 2.45) is 4.66 Å². The molecule has 0 radical (unpaired) electrons. The molecule has 0 spiro atoms. The van der Waals surface area contributed by atoms with Crippen molar-refractivity contribution < 1.29 is 0 Å². The van der Waals surface area contributed by atoms with E-state index >= 15 is 0 Å². The molecule has 0 heterocycles. The van der Waals surface area contributed by atoms with E-state index in [-0.39, 0.29) is 0 Å². The lowest BCUT2D eigenvalue weighted by Gasteiger charge is -2.16. The van der Waals surface area contributed by atoms with E-state index in [0.29, 0.717) is 0 Å². The molecule has 2 nitrogen and oxygen atoms in total. The maximum Gasteiger partial charge on any atom is 0.175 e. The number of rotatable bonds is 3. The van der Waals surface area contributed by atoms with E-state index in [4.69, 9.17) is 4.66 Å². The first-order valence-electron chi connectivity index (χ1n) is 6.93. The second kappa shape index (κ2) is 6.05. The number of anilines is 1. The molecule has 20 heavy (non-hydrogen) atoms. The summed E-state index contributed by atoms with van der Waals surface area (Å²) in [5.41, 5.74) is 3.48. The zero-order valence-corrected chi connectivity index (χ0v) is 13.6. The van der Waals surface area contributed by atoms with Crippen LogP contribution >= 0.6 is 0 Å². The largest absolute Gasteiger partial charge is 0.341 e. The van der Waals surface area contributed by atoms with Gasteiger partial charge in [0.1, 0.15) is 5.84 Å². The molecule has 0 amide bonds. The van der Waals surface area contributed by atoms with Crippen LogP contribution in [0, 0.1) is 6.92 Å². The number of amidine groups is 1. The predicted octanol–water partition coefficient (Wildman–Crippen LogP) is 4.69. The molecule has 0 bridgehead atoms. The van der Waals surface area contributed by atoms with E-state index in [2.05, 4.69) is 68.3 Å². The standard InChI is InChI=1S/C17H22N2Si/c1-14-10-12-15(13-11-14)17(19-20(2,3)4)18-16-8-6-5-7-9-16/h5-13H,1-4H3,(H,18,19). The molecule has 2 aromatic carbocycles. The Morgan fingerprint density at radius 1 is 0.900 bits per heavy atom. The number of aryl methyl sites for hydroxylation is 1. The highest BCUT2D eigenvalue weighted by Crippen LogP contribution is 2.13. The summed E-state index contributed by atoms with van der Waals surface area (Å²) in [5, 5.41) is 3.46. The number of hydrogen-bond acceptors (Lipinski definition) is 1. The molecule has 0 aliphatic carbocycles. The molecular weight excluding hydrogens is 260 g/mol. The first-order valence-corrected chi connectivity index (χ1v) is 10.4. The van der Waals surface area contributed by atoms with Gasteiger partial charge in [-0.2, -0.15) is 0 Å². The van der Waals surface area contributed by atoms with Gasteiger partial charge >= 0.3 is 0 Å². The molecule has 0 fully saturated rings. The molecule has 0 aliphatic heterocycles. The van der Waals surface area contributed by atoms with Gasteiger partial charge in [0, 0.05) is 11.3 Å². The van der Waals surface area contributed by atoms with Crippen molar-refractivity contribution in [3.63, 3.8) is 0 Å². The lowest BCUT2D eigenvalue weighted by atomic mass is 10.1. The molecule has 0 unspecified atom stereocenters. The Balaban J connectivity index is 2.35. The number of benzene rings is 2. The van der Waals surface area contributed by atoms with E-state index < -0.39 is 8.24 Å². The van der Waals surface area contributed by atoms with Crippen LogP contribution in [0.25, 0.3) is 0 Å². The Kier molecular flexibility index (Phi) is 4.40. The lowest BCUT2D eigenvalue weighted by molar-refractivity contribution is 1.44. The van der Waals surface area contributed by atoms with Gasteiger partial charge < -0.3 is 9.97 Å². The van der Waals surface area contributed by atoms with Crippen molar-refractivity contribution in [2.75, 3.05) is 5.32 Å². The monoisotopic (exact) mass is 282 g/mol. The van der Waals surface area contributed by atoms with Crippen LogP contribution in [0.15, 0.2) is 59.3 Å². The zero-order valence-electron chi connectivity index (χ0n) is 12.6. The molecule has 0 atom stereocenters. The van der Waals surface area contributed by atoms with Gasteiger partial charge in [-0.3, -0.25) is 0 Å².